The number of amides is 1. The van der Waals surface area contributed by atoms with Gasteiger partial charge in [0.2, 0.25) is 5.91 Å². The molecule has 1 fully saturated rings. The van der Waals surface area contributed by atoms with E-state index >= 15 is 0 Å². The van der Waals surface area contributed by atoms with Gasteiger partial charge in [0.25, 0.3) is 0 Å². The van der Waals surface area contributed by atoms with Gasteiger partial charge in [0.05, 0.1) is 0 Å². The second-order valence-electron chi connectivity index (χ2n) is 6.69. The number of nitrogens with two attached hydrogens (primary N) is 1. The molecule has 1 aliphatic carbocycles. The van der Waals surface area contributed by atoms with Crippen LogP contribution in [0.25, 0.3) is 0 Å². The Kier molecular flexibility index (Phi) is 4.29. The normalized spacial score (nSPS) is 25.5. The molecule has 2 N–H and O–H groups in total. The van der Waals surface area contributed by atoms with Gasteiger partial charge < -0.3 is 10.6 Å². The van der Waals surface area contributed by atoms with Crippen LogP contribution in [0.4, 0.5) is 5.69 Å². The summed E-state index contributed by atoms with van der Waals surface area (Å²) in [6, 6.07) is 6.66. The van der Waals surface area contributed by atoms with Crippen LogP contribution >= 0.6 is 0 Å². The average Bonchev–Trinajstić information content (AvgIpc) is 2.48. The minimum atomic E-state index is 0.213. The number of fused-ring (bicyclic) bond motifs is 1. The third-order valence-electron chi connectivity index (χ3n) is 5.06. The lowest BCUT2D eigenvalue weighted by Crippen LogP contribution is -2.40. The van der Waals surface area contributed by atoms with Gasteiger partial charge in [-0.3, -0.25) is 4.79 Å². The molecular formula is C18H26N2O. The lowest BCUT2D eigenvalue weighted by molar-refractivity contribution is -0.120. The Hall–Kier alpha value is -1.35. The topological polar surface area (TPSA) is 46.3 Å². The molecule has 2 unspecified atom stereocenters. The van der Waals surface area contributed by atoms with E-state index in [9.17, 15) is 4.79 Å². The molecule has 3 heteroatoms. The number of anilines is 1. The van der Waals surface area contributed by atoms with Crippen LogP contribution in [0.2, 0.25) is 0 Å². The highest BCUT2D eigenvalue weighted by molar-refractivity contribution is 5.94. The number of aryl methyl sites for hydroxylation is 2. The number of carbonyl (C=O) groups excluding carboxylic acids is 1. The van der Waals surface area contributed by atoms with Crippen LogP contribution in [0, 0.1) is 12.8 Å². The first-order valence-corrected chi connectivity index (χ1v) is 8.30. The molecule has 2 atom stereocenters. The molecule has 0 bridgehead atoms. The molecule has 0 spiro atoms. The van der Waals surface area contributed by atoms with Crippen molar-refractivity contribution in [2.45, 2.75) is 57.9 Å². The van der Waals surface area contributed by atoms with E-state index in [1.807, 2.05) is 4.90 Å². The Bertz CT molecular complexity index is 526. The van der Waals surface area contributed by atoms with Crippen LogP contribution in [0.15, 0.2) is 18.2 Å². The van der Waals surface area contributed by atoms with E-state index in [1.165, 1.54) is 24.0 Å². The van der Waals surface area contributed by atoms with Crippen molar-refractivity contribution < 1.29 is 4.79 Å². The Balaban J connectivity index is 1.74. The first kappa shape index (κ1) is 14.6. The second-order valence-corrected chi connectivity index (χ2v) is 6.69. The van der Waals surface area contributed by atoms with Crippen molar-refractivity contribution >= 4 is 11.6 Å². The van der Waals surface area contributed by atoms with E-state index in [0.29, 0.717) is 12.3 Å². The standard InChI is InChI=1S/C18H26N2O/c1-13-8-9-17-15(11-13)6-4-10-20(17)18(21)12-14-5-2-3-7-16(14)19/h8-9,11,14,16H,2-7,10,12,19H2,1H3. The molecule has 21 heavy (non-hydrogen) atoms. The van der Waals surface area contributed by atoms with E-state index < -0.39 is 0 Å². The number of hydrogen-bond donors (Lipinski definition) is 1. The molecule has 0 saturated heterocycles. The van der Waals surface area contributed by atoms with Gasteiger partial charge in [-0.05, 0) is 50.2 Å². The highest BCUT2D eigenvalue weighted by Crippen LogP contribution is 2.31. The molecule has 1 saturated carbocycles. The van der Waals surface area contributed by atoms with Gasteiger partial charge in [-0.25, -0.2) is 0 Å². The van der Waals surface area contributed by atoms with Crippen LogP contribution in [-0.2, 0) is 11.2 Å². The first-order chi connectivity index (χ1) is 10.1. The Morgan fingerprint density at radius 3 is 2.90 bits per heavy atom. The number of rotatable bonds is 2. The maximum atomic E-state index is 12.7. The van der Waals surface area contributed by atoms with Gasteiger partial charge in [-0.15, -0.1) is 0 Å². The minimum Gasteiger partial charge on any atom is -0.327 e. The summed E-state index contributed by atoms with van der Waals surface area (Å²) in [5.74, 6) is 0.643. The SMILES string of the molecule is Cc1ccc2c(c1)CCCN2C(=O)CC1CCCCC1N. The third-order valence-corrected chi connectivity index (χ3v) is 5.06. The summed E-state index contributed by atoms with van der Waals surface area (Å²) in [7, 11) is 0. The van der Waals surface area contributed by atoms with E-state index in [4.69, 9.17) is 5.73 Å². The predicted molar refractivity (Wildman–Crippen MR) is 86.4 cm³/mol. The van der Waals surface area contributed by atoms with Crippen molar-refractivity contribution in [3.05, 3.63) is 29.3 Å². The van der Waals surface area contributed by atoms with Crippen molar-refractivity contribution in [3.8, 4) is 0 Å². The molecule has 0 aromatic heterocycles. The fraction of sp³-hybridized carbons (Fsp3) is 0.611. The average molecular weight is 286 g/mol. The van der Waals surface area contributed by atoms with Gasteiger partial charge in [0.1, 0.15) is 0 Å². The van der Waals surface area contributed by atoms with E-state index in [-0.39, 0.29) is 11.9 Å². The molecule has 3 rings (SSSR count). The van der Waals surface area contributed by atoms with Crippen molar-refractivity contribution in [1.82, 2.24) is 0 Å². The predicted octanol–water partition coefficient (Wildman–Crippen LogP) is 3.18. The molecule has 1 aliphatic heterocycles. The molecule has 1 aromatic carbocycles. The van der Waals surface area contributed by atoms with Crippen molar-refractivity contribution in [2.24, 2.45) is 11.7 Å². The summed E-state index contributed by atoms with van der Waals surface area (Å²) < 4.78 is 0. The summed E-state index contributed by atoms with van der Waals surface area (Å²) in [5.41, 5.74) is 9.92. The van der Waals surface area contributed by atoms with E-state index in [2.05, 4.69) is 25.1 Å². The molecule has 3 nitrogen and oxygen atoms in total. The maximum absolute atomic E-state index is 12.7. The quantitative estimate of drug-likeness (QED) is 0.907. The summed E-state index contributed by atoms with van der Waals surface area (Å²) in [4.78, 5) is 14.7. The van der Waals surface area contributed by atoms with Crippen molar-refractivity contribution in [2.75, 3.05) is 11.4 Å². The van der Waals surface area contributed by atoms with Crippen molar-refractivity contribution in [1.29, 1.82) is 0 Å². The molecule has 1 heterocycles. The smallest absolute Gasteiger partial charge is 0.227 e. The summed E-state index contributed by atoms with van der Waals surface area (Å²) in [6.45, 7) is 2.97. The zero-order valence-corrected chi connectivity index (χ0v) is 13.0. The number of carbonyl (C=O) groups is 1. The highest BCUT2D eigenvalue weighted by Gasteiger charge is 2.28. The minimum absolute atomic E-state index is 0.213. The van der Waals surface area contributed by atoms with Crippen LogP contribution in [0.5, 0.6) is 0 Å². The van der Waals surface area contributed by atoms with E-state index in [1.54, 1.807) is 0 Å². The zero-order valence-electron chi connectivity index (χ0n) is 13.0. The van der Waals surface area contributed by atoms with E-state index in [0.717, 1.165) is 37.9 Å². The lowest BCUT2D eigenvalue weighted by atomic mass is 9.82. The van der Waals surface area contributed by atoms with Crippen LogP contribution in [-0.4, -0.2) is 18.5 Å². The highest BCUT2D eigenvalue weighted by atomic mass is 16.2. The van der Waals surface area contributed by atoms with Crippen molar-refractivity contribution in [3.63, 3.8) is 0 Å². The van der Waals surface area contributed by atoms with Gasteiger partial charge in [0.15, 0.2) is 0 Å². The number of hydrogen-bond acceptors (Lipinski definition) is 2. The first-order valence-electron chi connectivity index (χ1n) is 8.30. The number of benzene rings is 1. The van der Waals surface area contributed by atoms with Gasteiger partial charge in [0, 0.05) is 24.7 Å². The monoisotopic (exact) mass is 286 g/mol. The molecule has 1 amide bonds. The molecule has 0 radical (unpaired) electrons. The third kappa shape index (κ3) is 3.13. The zero-order chi connectivity index (χ0) is 14.8. The van der Waals surface area contributed by atoms with Crippen LogP contribution in [0.1, 0.15) is 49.7 Å². The lowest BCUT2D eigenvalue weighted by Gasteiger charge is -2.33. The van der Waals surface area contributed by atoms with Crippen LogP contribution in [0.3, 0.4) is 0 Å². The molecule has 114 valence electrons. The summed E-state index contributed by atoms with van der Waals surface area (Å²) in [6.07, 6.45) is 7.41. The summed E-state index contributed by atoms with van der Waals surface area (Å²) >= 11 is 0. The fourth-order valence-electron chi connectivity index (χ4n) is 3.81. The summed E-state index contributed by atoms with van der Waals surface area (Å²) in [5, 5.41) is 0. The largest absolute Gasteiger partial charge is 0.327 e. The fourth-order valence-corrected chi connectivity index (χ4v) is 3.81. The Labute approximate surface area is 127 Å². The van der Waals surface area contributed by atoms with Gasteiger partial charge >= 0.3 is 0 Å². The maximum Gasteiger partial charge on any atom is 0.227 e. The van der Waals surface area contributed by atoms with Gasteiger partial charge in [-0.2, -0.15) is 0 Å². The molecule has 1 aromatic rings. The van der Waals surface area contributed by atoms with Gasteiger partial charge in [-0.1, -0.05) is 30.5 Å². The number of nitrogens with zero attached hydrogens (tertiary/aromatic N) is 1. The molecule has 2 aliphatic rings. The second kappa shape index (κ2) is 6.18. The van der Waals surface area contributed by atoms with Crippen LogP contribution < -0.4 is 10.6 Å². The Morgan fingerprint density at radius 2 is 2.10 bits per heavy atom. The Morgan fingerprint density at radius 1 is 1.29 bits per heavy atom. The molecular weight excluding hydrogens is 260 g/mol.